The molecule has 0 bridgehead atoms. The zero-order chi connectivity index (χ0) is 22.3. The molecule has 0 aliphatic heterocycles. The average molecular weight is 439 g/mol. The van der Waals surface area contributed by atoms with Gasteiger partial charge in [0, 0.05) is 24.7 Å². The molecular weight excluding hydrogens is 420 g/mol. The average Bonchev–Trinajstić information content (AvgIpc) is 3.45. The Bertz CT molecular complexity index is 1190. The Morgan fingerprint density at radius 2 is 2.03 bits per heavy atom. The SMILES string of the molecule is O=C(NCCc1nc(-c2ccco2)n[nH]1)Nc1ccc(OCc2cccc(F)c2)c(F)c1. The van der Waals surface area contributed by atoms with Gasteiger partial charge in [-0.25, -0.2) is 18.6 Å². The summed E-state index contributed by atoms with van der Waals surface area (Å²) in [5.41, 5.74) is 0.840. The monoisotopic (exact) mass is 439 g/mol. The molecule has 2 aromatic heterocycles. The zero-order valence-corrected chi connectivity index (χ0v) is 16.8. The first-order valence-corrected chi connectivity index (χ1v) is 9.73. The van der Waals surface area contributed by atoms with Crippen LogP contribution in [0.25, 0.3) is 11.6 Å². The van der Waals surface area contributed by atoms with Crippen LogP contribution in [-0.4, -0.2) is 27.8 Å². The first-order valence-electron chi connectivity index (χ1n) is 9.73. The summed E-state index contributed by atoms with van der Waals surface area (Å²) in [6, 6.07) is 12.9. The van der Waals surface area contributed by atoms with E-state index in [0.717, 1.165) is 6.07 Å². The summed E-state index contributed by atoms with van der Waals surface area (Å²) in [6.07, 6.45) is 1.95. The van der Waals surface area contributed by atoms with Crippen LogP contribution in [-0.2, 0) is 13.0 Å². The number of hydrogen-bond acceptors (Lipinski definition) is 5. The first kappa shape index (κ1) is 21.0. The quantitative estimate of drug-likeness (QED) is 0.380. The minimum Gasteiger partial charge on any atom is -0.486 e. The molecule has 2 heterocycles. The van der Waals surface area contributed by atoms with Crippen LogP contribution >= 0.6 is 0 Å². The highest BCUT2D eigenvalue weighted by atomic mass is 19.1. The predicted molar refractivity (Wildman–Crippen MR) is 112 cm³/mol. The third-order valence-electron chi connectivity index (χ3n) is 4.39. The Labute approximate surface area is 181 Å². The van der Waals surface area contributed by atoms with Gasteiger partial charge in [-0.3, -0.25) is 5.10 Å². The van der Waals surface area contributed by atoms with Crippen molar-refractivity contribution in [1.29, 1.82) is 0 Å². The van der Waals surface area contributed by atoms with Crippen molar-refractivity contribution in [3.8, 4) is 17.3 Å². The van der Waals surface area contributed by atoms with Crippen molar-refractivity contribution in [1.82, 2.24) is 20.5 Å². The highest BCUT2D eigenvalue weighted by Crippen LogP contribution is 2.22. The summed E-state index contributed by atoms with van der Waals surface area (Å²) < 4.78 is 38.1. The molecule has 4 aromatic rings. The van der Waals surface area contributed by atoms with Crippen LogP contribution in [0.1, 0.15) is 11.4 Å². The van der Waals surface area contributed by atoms with Crippen LogP contribution < -0.4 is 15.4 Å². The van der Waals surface area contributed by atoms with E-state index in [0.29, 0.717) is 29.4 Å². The van der Waals surface area contributed by atoms with E-state index in [1.807, 2.05) is 0 Å². The smallest absolute Gasteiger partial charge is 0.319 e. The second kappa shape index (κ2) is 9.73. The Hall–Kier alpha value is -4.21. The highest BCUT2D eigenvalue weighted by Gasteiger charge is 2.10. The number of furan rings is 1. The van der Waals surface area contributed by atoms with Crippen LogP contribution in [0.15, 0.2) is 65.3 Å². The summed E-state index contributed by atoms with van der Waals surface area (Å²) in [4.78, 5) is 16.3. The summed E-state index contributed by atoms with van der Waals surface area (Å²) >= 11 is 0. The fourth-order valence-electron chi connectivity index (χ4n) is 2.88. The molecule has 8 nitrogen and oxygen atoms in total. The summed E-state index contributed by atoms with van der Waals surface area (Å²) in [5, 5.41) is 12.0. The first-order chi connectivity index (χ1) is 15.6. The van der Waals surface area contributed by atoms with Crippen molar-refractivity contribution in [3.05, 3.63) is 83.9 Å². The van der Waals surface area contributed by atoms with Crippen LogP contribution in [0.2, 0.25) is 0 Å². The van der Waals surface area contributed by atoms with Crippen molar-refractivity contribution in [3.63, 3.8) is 0 Å². The van der Waals surface area contributed by atoms with Crippen molar-refractivity contribution >= 4 is 11.7 Å². The summed E-state index contributed by atoms with van der Waals surface area (Å²) in [6.45, 7) is 0.307. The van der Waals surface area contributed by atoms with Gasteiger partial charge in [0.25, 0.3) is 0 Å². The lowest BCUT2D eigenvalue weighted by atomic mass is 10.2. The molecule has 2 aromatic carbocycles. The number of carbonyl (C=O) groups is 1. The number of hydrogen-bond donors (Lipinski definition) is 3. The Morgan fingerprint density at radius 1 is 1.12 bits per heavy atom. The Morgan fingerprint density at radius 3 is 2.81 bits per heavy atom. The van der Waals surface area contributed by atoms with Crippen LogP contribution in [0.5, 0.6) is 5.75 Å². The molecule has 2 amide bonds. The number of nitrogens with zero attached hydrogens (tertiary/aromatic N) is 2. The van der Waals surface area contributed by atoms with Gasteiger partial charge in [0.15, 0.2) is 17.3 Å². The molecule has 0 saturated heterocycles. The maximum absolute atomic E-state index is 14.3. The number of aromatic nitrogens is 3. The molecule has 0 aliphatic carbocycles. The van der Waals surface area contributed by atoms with E-state index in [4.69, 9.17) is 9.15 Å². The number of ether oxygens (including phenoxy) is 1. The molecule has 0 spiro atoms. The lowest BCUT2D eigenvalue weighted by Gasteiger charge is -2.10. The van der Waals surface area contributed by atoms with Crippen molar-refractivity contribution < 1.29 is 22.7 Å². The number of nitrogens with one attached hydrogen (secondary N) is 3. The largest absolute Gasteiger partial charge is 0.486 e. The maximum Gasteiger partial charge on any atom is 0.319 e. The molecule has 0 unspecified atom stereocenters. The molecule has 0 atom stereocenters. The number of benzene rings is 2. The van der Waals surface area contributed by atoms with Gasteiger partial charge in [-0.05, 0) is 42.0 Å². The van der Waals surface area contributed by atoms with Crippen molar-refractivity contribution in [2.24, 2.45) is 0 Å². The lowest BCUT2D eigenvalue weighted by molar-refractivity contribution is 0.252. The van der Waals surface area contributed by atoms with Crippen LogP contribution in [0.4, 0.5) is 19.3 Å². The minimum absolute atomic E-state index is 0.00194. The standard InChI is InChI=1S/C22H19F2N5O3/c23-15-4-1-3-14(11-15)13-32-18-7-6-16(12-17(18)24)26-22(30)25-9-8-20-27-21(29-28-20)19-5-2-10-31-19/h1-7,10-12H,8-9,13H2,(H2,25,26,30)(H,27,28,29). The number of anilines is 1. The predicted octanol–water partition coefficient (Wildman–Crippen LogP) is 4.29. The fourth-order valence-corrected chi connectivity index (χ4v) is 2.88. The lowest BCUT2D eigenvalue weighted by Crippen LogP contribution is -2.30. The third-order valence-corrected chi connectivity index (χ3v) is 4.39. The van der Waals surface area contributed by atoms with E-state index in [-0.39, 0.29) is 24.6 Å². The van der Waals surface area contributed by atoms with E-state index in [1.165, 1.54) is 30.5 Å². The van der Waals surface area contributed by atoms with Gasteiger partial charge in [0.05, 0.1) is 6.26 Å². The number of amides is 2. The Balaban J connectivity index is 1.24. The van der Waals surface area contributed by atoms with E-state index < -0.39 is 17.7 Å². The van der Waals surface area contributed by atoms with Crippen LogP contribution in [0, 0.1) is 11.6 Å². The second-order valence-electron chi connectivity index (χ2n) is 6.78. The van der Waals surface area contributed by atoms with Gasteiger partial charge in [-0.1, -0.05) is 12.1 Å². The van der Waals surface area contributed by atoms with E-state index in [9.17, 15) is 13.6 Å². The molecule has 164 valence electrons. The number of urea groups is 1. The van der Waals surface area contributed by atoms with E-state index in [1.54, 1.807) is 24.3 Å². The van der Waals surface area contributed by atoms with Gasteiger partial charge in [-0.15, -0.1) is 0 Å². The number of rotatable bonds is 8. The third kappa shape index (κ3) is 5.48. The molecule has 10 heteroatoms. The Kier molecular flexibility index (Phi) is 6.40. The highest BCUT2D eigenvalue weighted by molar-refractivity contribution is 5.89. The molecule has 0 fully saturated rings. The molecule has 0 saturated carbocycles. The van der Waals surface area contributed by atoms with Gasteiger partial charge in [0.1, 0.15) is 18.2 Å². The minimum atomic E-state index is -0.647. The van der Waals surface area contributed by atoms with Gasteiger partial charge in [-0.2, -0.15) is 5.10 Å². The fraction of sp³-hybridized carbons (Fsp3) is 0.136. The molecule has 0 radical (unpaired) electrons. The zero-order valence-electron chi connectivity index (χ0n) is 16.8. The van der Waals surface area contributed by atoms with Gasteiger partial charge < -0.3 is 19.8 Å². The number of H-pyrrole nitrogens is 1. The van der Waals surface area contributed by atoms with Gasteiger partial charge >= 0.3 is 6.03 Å². The summed E-state index contributed by atoms with van der Waals surface area (Å²) in [7, 11) is 0. The van der Waals surface area contributed by atoms with E-state index in [2.05, 4.69) is 25.8 Å². The topological polar surface area (TPSA) is 105 Å². The molecule has 32 heavy (non-hydrogen) atoms. The number of carbonyl (C=O) groups excluding carboxylic acids is 1. The van der Waals surface area contributed by atoms with E-state index >= 15 is 0 Å². The second-order valence-corrected chi connectivity index (χ2v) is 6.78. The number of halogens is 2. The summed E-state index contributed by atoms with van der Waals surface area (Å²) in [5.74, 6) is 0.526. The number of aromatic amines is 1. The van der Waals surface area contributed by atoms with Crippen LogP contribution in [0.3, 0.4) is 0 Å². The molecule has 0 aliphatic rings. The van der Waals surface area contributed by atoms with Gasteiger partial charge in [0.2, 0.25) is 5.82 Å². The molecule has 4 rings (SSSR count). The molecule has 3 N–H and O–H groups in total. The molecular formula is C22H19F2N5O3. The maximum atomic E-state index is 14.3. The normalized spacial score (nSPS) is 10.7. The van der Waals surface area contributed by atoms with Crippen molar-refractivity contribution in [2.45, 2.75) is 13.0 Å². The van der Waals surface area contributed by atoms with Crippen molar-refractivity contribution in [2.75, 3.05) is 11.9 Å².